The van der Waals surface area contributed by atoms with Gasteiger partial charge in [-0.15, -0.1) is 0 Å². The molecule has 5 nitrogen and oxygen atoms in total. The van der Waals surface area contributed by atoms with E-state index in [0.717, 1.165) is 11.3 Å². The fourth-order valence-corrected chi connectivity index (χ4v) is 2.85. The Kier molecular flexibility index (Phi) is 7.73. The molecule has 1 N–H and O–H groups in total. The average molecular weight is 386 g/mol. The zero-order chi connectivity index (χ0) is 20.6. The Morgan fingerprint density at radius 3 is 2.21 bits per heavy atom. The lowest BCUT2D eigenvalue weighted by Crippen LogP contribution is -2.39. The van der Waals surface area contributed by atoms with E-state index in [9.17, 15) is 4.79 Å². The van der Waals surface area contributed by atoms with Gasteiger partial charge in [-0.2, -0.15) is 0 Å². The molecular weight excluding hydrogens is 354 g/mol. The molecule has 2 aromatic rings. The molecular formula is C23H31NO4. The minimum atomic E-state index is -0.585. The smallest absolute Gasteiger partial charge is 0.261 e. The van der Waals surface area contributed by atoms with E-state index >= 15 is 0 Å². The summed E-state index contributed by atoms with van der Waals surface area (Å²) in [7, 11) is 1.58. The van der Waals surface area contributed by atoms with Crippen molar-refractivity contribution >= 4 is 5.91 Å². The van der Waals surface area contributed by atoms with Crippen LogP contribution < -0.4 is 19.5 Å². The summed E-state index contributed by atoms with van der Waals surface area (Å²) >= 11 is 0. The Morgan fingerprint density at radius 2 is 1.61 bits per heavy atom. The highest BCUT2D eigenvalue weighted by Gasteiger charge is 2.20. The van der Waals surface area contributed by atoms with Crippen LogP contribution in [0.2, 0.25) is 0 Å². The van der Waals surface area contributed by atoms with E-state index in [0.29, 0.717) is 31.1 Å². The summed E-state index contributed by atoms with van der Waals surface area (Å²) in [5, 5.41) is 2.89. The number of benzene rings is 2. The van der Waals surface area contributed by atoms with E-state index in [4.69, 9.17) is 14.2 Å². The molecule has 1 atom stereocenters. The maximum Gasteiger partial charge on any atom is 0.261 e. The van der Waals surface area contributed by atoms with Crippen molar-refractivity contribution in [1.29, 1.82) is 0 Å². The van der Waals surface area contributed by atoms with Gasteiger partial charge in [0.05, 0.1) is 13.7 Å². The van der Waals surface area contributed by atoms with Crippen molar-refractivity contribution in [2.45, 2.75) is 45.6 Å². The van der Waals surface area contributed by atoms with Crippen LogP contribution in [0.5, 0.6) is 17.2 Å². The molecule has 152 valence electrons. The Balaban J connectivity index is 1.88. The molecule has 0 aliphatic carbocycles. The van der Waals surface area contributed by atoms with Crippen molar-refractivity contribution in [2.75, 3.05) is 20.3 Å². The van der Waals surface area contributed by atoms with Gasteiger partial charge in [0.1, 0.15) is 12.4 Å². The Morgan fingerprint density at radius 1 is 1.00 bits per heavy atom. The van der Waals surface area contributed by atoms with Crippen LogP contribution in [0.4, 0.5) is 0 Å². The van der Waals surface area contributed by atoms with Gasteiger partial charge in [0.15, 0.2) is 17.6 Å². The molecule has 0 heterocycles. The van der Waals surface area contributed by atoms with Gasteiger partial charge in [-0.1, -0.05) is 58.0 Å². The standard InChI is InChI=1S/C23H31NO4/c1-6-18(28-21-14-10-9-13-20(21)26-5)22(25)24-15-16-27-19-12-8-7-11-17(19)23(2,3)4/h7-14,18H,6,15-16H2,1-5H3,(H,24,25)/t18-/m1/s1. The average Bonchev–Trinajstić information content (AvgIpc) is 2.69. The van der Waals surface area contributed by atoms with Gasteiger partial charge in [-0.3, -0.25) is 4.79 Å². The molecule has 0 spiro atoms. The summed E-state index contributed by atoms with van der Waals surface area (Å²) < 4.78 is 17.0. The van der Waals surface area contributed by atoms with Crippen molar-refractivity contribution in [3.05, 3.63) is 54.1 Å². The highest BCUT2D eigenvalue weighted by atomic mass is 16.5. The minimum Gasteiger partial charge on any atom is -0.493 e. The number of carbonyl (C=O) groups is 1. The van der Waals surface area contributed by atoms with E-state index in [1.165, 1.54) is 0 Å². The molecule has 2 aromatic carbocycles. The SMILES string of the molecule is CC[C@@H](Oc1ccccc1OC)C(=O)NCCOc1ccccc1C(C)(C)C. The Labute approximate surface area is 168 Å². The number of carbonyl (C=O) groups excluding carboxylic acids is 1. The molecule has 0 bridgehead atoms. The highest BCUT2D eigenvalue weighted by molar-refractivity contribution is 5.81. The van der Waals surface area contributed by atoms with E-state index in [1.807, 2.05) is 37.3 Å². The second-order valence-electron chi connectivity index (χ2n) is 7.55. The number of hydrogen-bond donors (Lipinski definition) is 1. The van der Waals surface area contributed by atoms with Crippen LogP contribution in [0.3, 0.4) is 0 Å². The van der Waals surface area contributed by atoms with E-state index < -0.39 is 6.10 Å². The van der Waals surface area contributed by atoms with Gasteiger partial charge in [0, 0.05) is 0 Å². The van der Waals surface area contributed by atoms with Crippen molar-refractivity contribution in [2.24, 2.45) is 0 Å². The molecule has 0 saturated carbocycles. The first-order valence-corrected chi connectivity index (χ1v) is 9.66. The second kappa shape index (κ2) is 10.0. The second-order valence-corrected chi connectivity index (χ2v) is 7.55. The topological polar surface area (TPSA) is 56.8 Å². The van der Waals surface area contributed by atoms with Crippen molar-refractivity contribution < 1.29 is 19.0 Å². The van der Waals surface area contributed by atoms with Gasteiger partial charge < -0.3 is 19.5 Å². The predicted octanol–water partition coefficient (Wildman–Crippen LogP) is 4.35. The monoisotopic (exact) mass is 385 g/mol. The molecule has 0 aliphatic heterocycles. The van der Waals surface area contributed by atoms with Gasteiger partial charge in [-0.25, -0.2) is 0 Å². The molecule has 0 aliphatic rings. The molecule has 0 fully saturated rings. The third kappa shape index (κ3) is 5.91. The zero-order valence-electron chi connectivity index (χ0n) is 17.5. The maximum atomic E-state index is 12.5. The number of nitrogens with one attached hydrogen (secondary N) is 1. The summed E-state index contributed by atoms with van der Waals surface area (Å²) in [4.78, 5) is 12.5. The van der Waals surface area contributed by atoms with Crippen LogP contribution in [-0.4, -0.2) is 32.3 Å². The minimum absolute atomic E-state index is 0.00424. The lowest BCUT2D eigenvalue weighted by molar-refractivity contribution is -0.128. The first kappa shape index (κ1) is 21.6. The summed E-state index contributed by atoms with van der Waals surface area (Å²) in [6.07, 6.45) is -0.0319. The first-order chi connectivity index (χ1) is 13.4. The molecule has 5 heteroatoms. The normalized spacial score (nSPS) is 12.2. The van der Waals surface area contributed by atoms with Gasteiger partial charge in [0.2, 0.25) is 0 Å². The number of rotatable bonds is 9. The van der Waals surface area contributed by atoms with Crippen molar-refractivity contribution in [3.63, 3.8) is 0 Å². The Bertz CT molecular complexity index is 767. The predicted molar refractivity (Wildman–Crippen MR) is 111 cm³/mol. The number of hydrogen-bond acceptors (Lipinski definition) is 4. The van der Waals surface area contributed by atoms with E-state index in [-0.39, 0.29) is 11.3 Å². The van der Waals surface area contributed by atoms with Crippen LogP contribution in [-0.2, 0) is 10.2 Å². The molecule has 2 rings (SSSR count). The summed E-state index contributed by atoms with van der Waals surface area (Å²) in [6, 6.07) is 15.3. The maximum absolute atomic E-state index is 12.5. The van der Waals surface area contributed by atoms with Crippen LogP contribution >= 0.6 is 0 Å². The van der Waals surface area contributed by atoms with E-state index in [1.54, 1.807) is 19.2 Å². The quantitative estimate of drug-likeness (QED) is 0.652. The summed E-state index contributed by atoms with van der Waals surface area (Å²) in [6.45, 7) is 9.16. The number of amides is 1. The van der Waals surface area contributed by atoms with Gasteiger partial charge in [-0.05, 0) is 35.6 Å². The molecule has 0 saturated heterocycles. The molecule has 1 amide bonds. The number of ether oxygens (including phenoxy) is 3. The third-order valence-electron chi connectivity index (χ3n) is 4.36. The fraction of sp³-hybridized carbons (Fsp3) is 0.435. The molecule has 0 unspecified atom stereocenters. The third-order valence-corrected chi connectivity index (χ3v) is 4.36. The molecule has 28 heavy (non-hydrogen) atoms. The zero-order valence-corrected chi connectivity index (χ0v) is 17.5. The Hall–Kier alpha value is -2.69. The van der Waals surface area contributed by atoms with Crippen molar-refractivity contribution in [3.8, 4) is 17.2 Å². The van der Waals surface area contributed by atoms with Crippen molar-refractivity contribution in [1.82, 2.24) is 5.32 Å². The number of para-hydroxylation sites is 3. The largest absolute Gasteiger partial charge is 0.493 e. The van der Waals surface area contributed by atoms with Crippen LogP contribution in [0.15, 0.2) is 48.5 Å². The van der Waals surface area contributed by atoms with Crippen LogP contribution in [0, 0.1) is 0 Å². The molecule has 0 aromatic heterocycles. The lowest BCUT2D eigenvalue weighted by atomic mass is 9.86. The van der Waals surface area contributed by atoms with E-state index in [2.05, 4.69) is 32.2 Å². The van der Waals surface area contributed by atoms with Gasteiger partial charge >= 0.3 is 0 Å². The number of methoxy groups -OCH3 is 1. The van der Waals surface area contributed by atoms with Gasteiger partial charge in [0.25, 0.3) is 5.91 Å². The fourth-order valence-electron chi connectivity index (χ4n) is 2.85. The summed E-state index contributed by atoms with van der Waals surface area (Å²) in [5.41, 5.74) is 1.14. The van der Waals surface area contributed by atoms with Crippen LogP contribution in [0.25, 0.3) is 0 Å². The summed E-state index contributed by atoms with van der Waals surface area (Å²) in [5.74, 6) is 1.85. The lowest BCUT2D eigenvalue weighted by Gasteiger charge is -2.23. The highest BCUT2D eigenvalue weighted by Crippen LogP contribution is 2.31. The van der Waals surface area contributed by atoms with Crippen LogP contribution in [0.1, 0.15) is 39.7 Å². The first-order valence-electron chi connectivity index (χ1n) is 9.66. The molecule has 0 radical (unpaired) electrons.